The van der Waals surface area contributed by atoms with Gasteiger partial charge in [0.05, 0.1) is 22.5 Å². The molecule has 0 radical (unpaired) electrons. The molecular weight excluding hydrogens is 544 g/mol. The van der Waals surface area contributed by atoms with Crippen molar-refractivity contribution < 1.29 is 13.2 Å². The fourth-order valence-corrected chi connectivity index (χ4v) is 7.66. The molecule has 4 rings (SSSR count). The zero-order valence-electron chi connectivity index (χ0n) is 24.2. The van der Waals surface area contributed by atoms with E-state index in [1.807, 2.05) is 39.0 Å². The number of thiazole rings is 1. The lowest BCUT2D eigenvalue weighted by Crippen LogP contribution is -2.34. The van der Waals surface area contributed by atoms with E-state index in [-0.39, 0.29) is 35.2 Å². The molecule has 40 heavy (non-hydrogen) atoms. The van der Waals surface area contributed by atoms with Gasteiger partial charge in [0.2, 0.25) is 15.9 Å². The van der Waals surface area contributed by atoms with Crippen molar-refractivity contribution in [3.05, 3.63) is 51.4 Å². The number of aromatic nitrogens is 3. The minimum Gasteiger partial charge on any atom is -0.305 e. The number of aryl methyl sites for hydroxylation is 1. The van der Waals surface area contributed by atoms with Crippen LogP contribution in [0.2, 0.25) is 0 Å². The van der Waals surface area contributed by atoms with E-state index in [4.69, 9.17) is 4.98 Å². The normalized spacial score (nSPS) is 17.5. The van der Waals surface area contributed by atoms with Gasteiger partial charge in [-0.1, -0.05) is 45.4 Å². The van der Waals surface area contributed by atoms with Gasteiger partial charge in [-0.3, -0.25) is 14.1 Å². The average molecular weight is 587 g/mol. The standard InChI is InChI=1S/C30H42N4O4S2/c1-6-21-18-23(21)28(35)33-40(37,38)17-12-10-8-7-9-11-16-25-26(19(2)3)31-29(39-25)22-14-13-15-24-27(22)32-30(36)34(24)20(4)5/h7,9,13-15,19-21,23H,6,8,10-12,16-18H2,1-5H3,(H,32,36)(H,33,35). The van der Waals surface area contributed by atoms with Crippen LogP contribution in [0.1, 0.15) is 95.7 Å². The zero-order valence-corrected chi connectivity index (χ0v) is 25.8. The Kier molecular flexibility index (Phi) is 9.72. The molecule has 0 aliphatic heterocycles. The van der Waals surface area contributed by atoms with Gasteiger partial charge in [0.1, 0.15) is 5.01 Å². The van der Waals surface area contributed by atoms with Crippen molar-refractivity contribution in [2.45, 2.75) is 91.5 Å². The van der Waals surface area contributed by atoms with E-state index in [1.165, 1.54) is 4.88 Å². The van der Waals surface area contributed by atoms with Crippen molar-refractivity contribution in [2.24, 2.45) is 11.8 Å². The summed E-state index contributed by atoms with van der Waals surface area (Å²) in [7, 11) is -3.55. The molecule has 2 N–H and O–H groups in total. The largest absolute Gasteiger partial charge is 0.326 e. The van der Waals surface area contributed by atoms with Crippen LogP contribution in [-0.2, 0) is 21.2 Å². The van der Waals surface area contributed by atoms with Crippen molar-refractivity contribution in [1.29, 1.82) is 0 Å². The van der Waals surface area contributed by atoms with Crippen molar-refractivity contribution in [2.75, 3.05) is 5.75 Å². The topological polar surface area (TPSA) is 114 Å². The molecule has 0 spiro atoms. The fraction of sp³-hybridized carbons (Fsp3) is 0.567. The molecule has 8 nitrogen and oxygen atoms in total. The minimum absolute atomic E-state index is 0.0178. The molecule has 1 fully saturated rings. The molecule has 2 unspecified atom stereocenters. The van der Waals surface area contributed by atoms with Crippen molar-refractivity contribution in [3.8, 4) is 10.6 Å². The van der Waals surface area contributed by atoms with Gasteiger partial charge in [-0.05, 0) is 76.3 Å². The average Bonchev–Trinajstić information content (AvgIpc) is 3.43. The van der Waals surface area contributed by atoms with E-state index < -0.39 is 10.0 Å². The van der Waals surface area contributed by atoms with Crippen LogP contribution in [-0.4, -0.2) is 34.6 Å². The maximum Gasteiger partial charge on any atom is 0.326 e. The summed E-state index contributed by atoms with van der Waals surface area (Å²) < 4.78 is 28.4. The van der Waals surface area contributed by atoms with Gasteiger partial charge >= 0.3 is 5.69 Å². The Bertz CT molecular complexity index is 1530. The Morgan fingerprint density at radius 2 is 1.95 bits per heavy atom. The summed E-state index contributed by atoms with van der Waals surface area (Å²) in [5.41, 5.74) is 3.67. The summed E-state index contributed by atoms with van der Waals surface area (Å²) in [4.78, 5) is 33.9. The Labute approximate surface area is 241 Å². The minimum atomic E-state index is -3.55. The molecular formula is C30H42N4O4S2. The van der Waals surface area contributed by atoms with Gasteiger partial charge in [0.25, 0.3) is 0 Å². The summed E-state index contributed by atoms with van der Waals surface area (Å²) in [5.74, 6) is 0.148. The number of rotatable bonds is 14. The third-order valence-electron chi connectivity index (χ3n) is 7.55. The molecule has 1 aliphatic carbocycles. The number of sulfonamides is 1. The van der Waals surface area contributed by atoms with Crippen LogP contribution in [0.5, 0.6) is 0 Å². The molecule has 0 bridgehead atoms. The van der Waals surface area contributed by atoms with Gasteiger partial charge in [-0.25, -0.2) is 18.2 Å². The molecule has 2 aromatic heterocycles. The number of hydrogen-bond acceptors (Lipinski definition) is 6. The quantitative estimate of drug-likeness (QED) is 0.170. The second kappa shape index (κ2) is 12.9. The first kappa shape index (κ1) is 30.2. The Morgan fingerprint density at radius 1 is 1.20 bits per heavy atom. The predicted molar refractivity (Wildman–Crippen MR) is 163 cm³/mol. The van der Waals surface area contributed by atoms with Crippen LogP contribution in [0.15, 0.2) is 35.1 Å². The number of benzene rings is 1. The number of imidazole rings is 1. The van der Waals surface area contributed by atoms with Crippen molar-refractivity contribution in [1.82, 2.24) is 19.3 Å². The first-order chi connectivity index (χ1) is 19.0. The van der Waals surface area contributed by atoms with Crippen LogP contribution in [0.25, 0.3) is 21.6 Å². The van der Waals surface area contributed by atoms with Gasteiger partial charge < -0.3 is 4.98 Å². The van der Waals surface area contributed by atoms with Crippen LogP contribution in [0, 0.1) is 11.8 Å². The molecule has 218 valence electrons. The van der Waals surface area contributed by atoms with E-state index in [2.05, 4.69) is 35.7 Å². The number of para-hydroxylation sites is 1. The lowest BCUT2D eigenvalue weighted by Gasteiger charge is -2.07. The summed E-state index contributed by atoms with van der Waals surface area (Å²) in [6.45, 7) is 10.3. The number of unbranched alkanes of at least 4 members (excludes halogenated alkanes) is 2. The highest BCUT2D eigenvalue weighted by Crippen LogP contribution is 2.41. The number of amides is 1. The van der Waals surface area contributed by atoms with Gasteiger partial charge in [0, 0.05) is 22.4 Å². The lowest BCUT2D eigenvalue weighted by atomic mass is 10.1. The van der Waals surface area contributed by atoms with E-state index in [0.717, 1.165) is 65.8 Å². The van der Waals surface area contributed by atoms with E-state index in [0.29, 0.717) is 12.3 Å². The number of fused-ring (bicyclic) bond motifs is 1. The number of H-pyrrole nitrogens is 1. The highest BCUT2D eigenvalue weighted by Gasteiger charge is 2.42. The Hall–Kier alpha value is -2.72. The summed E-state index contributed by atoms with van der Waals surface area (Å²) in [5, 5.41) is 0.922. The van der Waals surface area contributed by atoms with Crippen LogP contribution >= 0.6 is 11.3 Å². The highest BCUT2D eigenvalue weighted by atomic mass is 32.2. The first-order valence-corrected chi connectivity index (χ1v) is 16.9. The molecule has 1 aromatic carbocycles. The maximum absolute atomic E-state index is 12.6. The number of hydrogen-bond donors (Lipinski definition) is 2. The third-order valence-corrected chi connectivity index (χ3v) is 10.1. The Morgan fingerprint density at radius 3 is 2.62 bits per heavy atom. The van der Waals surface area contributed by atoms with Crippen molar-refractivity contribution >= 4 is 38.3 Å². The van der Waals surface area contributed by atoms with E-state index in [9.17, 15) is 18.0 Å². The zero-order chi connectivity index (χ0) is 29.0. The monoisotopic (exact) mass is 586 g/mol. The molecule has 2 atom stereocenters. The molecule has 10 heteroatoms. The first-order valence-electron chi connectivity index (χ1n) is 14.4. The highest BCUT2D eigenvalue weighted by molar-refractivity contribution is 7.90. The van der Waals surface area contributed by atoms with Gasteiger partial charge in [-0.2, -0.15) is 0 Å². The van der Waals surface area contributed by atoms with Gasteiger partial charge in [0.15, 0.2) is 0 Å². The number of carbonyl (C=O) groups excluding carboxylic acids is 1. The SMILES string of the molecule is CCC1CC1C(=O)NS(=O)(=O)CCCCC=CCCc1sc(-c2cccc3c2[nH]c(=O)n3C(C)C)nc1C(C)C. The number of carbonyl (C=O) groups is 1. The molecule has 0 saturated heterocycles. The number of nitrogens with zero attached hydrogens (tertiary/aromatic N) is 2. The third kappa shape index (κ3) is 7.13. The molecule has 2 heterocycles. The molecule has 1 amide bonds. The number of nitrogens with one attached hydrogen (secondary N) is 2. The summed E-state index contributed by atoms with van der Waals surface area (Å²) >= 11 is 1.69. The molecule has 1 aliphatic rings. The van der Waals surface area contributed by atoms with Crippen LogP contribution in [0.3, 0.4) is 0 Å². The summed E-state index contributed by atoms with van der Waals surface area (Å²) in [6, 6.07) is 6.04. The number of allylic oxidation sites excluding steroid dienone is 2. The van der Waals surface area contributed by atoms with Crippen molar-refractivity contribution in [3.63, 3.8) is 0 Å². The van der Waals surface area contributed by atoms with E-state index in [1.54, 1.807) is 15.9 Å². The number of aromatic amines is 1. The maximum atomic E-state index is 12.6. The van der Waals surface area contributed by atoms with E-state index >= 15 is 0 Å². The predicted octanol–water partition coefficient (Wildman–Crippen LogP) is 6.31. The van der Waals surface area contributed by atoms with Crippen LogP contribution in [0.4, 0.5) is 0 Å². The second-order valence-corrected chi connectivity index (χ2v) is 14.3. The smallest absolute Gasteiger partial charge is 0.305 e. The summed E-state index contributed by atoms with van der Waals surface area (Å²) in [6.07, 6.45) is 9.81. The molecule has 3 aromatic rings. The Balaban J connectivity index is 1.30. The fourth-order valence-electron chi connectivity index (χ4n) is 5.25. The lowest BCUT2D eigenvalue weighted by molar-refractivity contribution is -0.120. The van der Waals surface area contributed by atoms with Crippen LogP contribution < -0.4 is 10.4 Å². The second-order valence-electron chi connectivity index (χ2n) is 11.4. The van der Waals surface area contributed by atoms with Gasteiger partial charge in [-0.15, -0.1) is 11.3 Å². The molecule has 1 saturated carbocycles.